The summed E-state index contributed by atoms with van der Waals surface area (Å²) in [6.07, 6.45) is 1.58. The van der Waals surface area contributed by atoms with Crippen LogP contribution >= 0.6 is 27.3 Å². The Hall–Kier alpha value is -0.940. The fourth-order valence-corrected chi connectivity index (χ4v) is 2.39. The topological polar surface area (TPSA) is 24.9 Å². The summed E-state index contributed by atoms with van der Waals surface area (Å²) >= 11 is 4.80. The largest absolute Gasteiger partial charge is 0.361 e. The number of nitrogens with zero attached hydrogens (tertiary/aromatic N) is 1. The average Bonchev–Trinajstić information content (AvgIpc) is 2.75. The first-order valence-electron chi connectivity index (χ1n) is 4.76. The van der Waals surface area contributed by atoms with Crippen molar-refractivity contribution in [1.82, 2.24) is 4.98 Å². The molecular formula is C11H10BrFN2S. The van der Waals surface area contributed by atoms with Crippen molar-refractivity contribution in [2.75, 3.05) is 5.32 Å². The van der Waals surface area contributed by atoms with Gasteiger partial charge in [-0.05, 0) is 51.3 Å². The Balaban J connectivity index is 2.15. The van der Waals surface area contributed by atoms with Gasteiger partial charge in [-0.15, -0.1) is 0 Å². The molecule has 1 atom stereocenters. The lowest BCUT2D eigenvalue weighted by Gasteiger charge is -2.13. The van der Waals surface area contributed by atoms with Crippen LogP contribution in [0.2, 0.25) is 0 Å². The minimum absolute atomic E-state index is 0.0504. The Morgan fingerprint density at radius 2 is 2.38 bits per heavy atom. The number of thiophene rings is 1. The van der Waals surface area contributed by atoms with Crippen LogP contribution in [0.5, 0.6) is 0 Å². The molecule has 0 spiro atoms. The van der Waals surface area contributed by atoms with E-state index in [2.05, 4.69) is 26.2 Å². The van der Waals surface area contributed by atoms with E-state index in [1.54, 1.807) is 17.5 Å². The summed E-state index contributed by atoms with van der Waals surface area (Å²) in [7, 11) is 0. The molecule has 0 radical (unpaired) electrons. The third kappa shape index (κ3) is 2.59. The van der Waals surface area contributed by atoms with E-state index in [4.69, 9.17) is 0 Å². The molecule has 84 valence electrons. The third-order valence-corrected chi connectivity index (χ3v) is 3.34. The van der Waals surface area contributed by atoms with Gasteiger partial charge in [0.05, 0.1) is 6.04 Å². The Morgan fingerprint density at radius 3 is 3.00 bits per heavy atom. The molecule has 5 heteroatoms. The lowest BCUT2D eigenvalue weighted by Crippen LogP contribution is -2.08. The Morgan fingerprint density at radius 1 is 1.56 bits per heavy atom. The lowest BCUT2D eigenvalue weighted by atomic mass is 10.2. The summed E-state index contributed by atoms with van der Waals surface area (Å²) in [6, 6.07) is 3.46. The maximum Gasteiger partial charge on any atom is 0.166 e. The number of hydrogen-bond acceptors (Lipinski definition) is 3. The first-order chi connectivity index (χ1) is 7.66. The first-order valence-corrected chi connectivity index (χ1v) is 6.50. The smallest absolute Gasteiger partial charge is 0.166 e. The van der Waals surface area contributed by atoms with Crippen LogP contribution in [0.4, 0.5) is 10.2 Å². The number of rotatable bonds is 3. The van der Waals surface area contributed by atoms with Gasteiger partial charge in [-0.25, -0.2) is 9.37 Å². The van der Waals surface area contributed by atoms with E-state index in [1.165, 1.54) is 6.07 Å². The van der Waals surface area contributed by atoms with Gasteiger partial charge >= 0.3 is 0 Å². The van der Waals surface area contributed by atoms with Gasteiger partial charge in [0, 0.05) is 10.7 Å². The zero-order valence-electron chi connectivity index (χ0n) is 8.58. The normalized spacial score (nSPS) is 12.4. The highest BCUT2D eigenvalue weighted by molar-refractivity contribution is 9.10. The fraction of sp³-hybridized carbons (Fsp3) is 0.182. The number of hydrogen-bond donors (Lipinski definition) is 1. The highest BCUT2D eigenvalue weighted by Crippen LogP contribution is 2.23. The molecular weight excluding hydrogens is 291 g/mol. The number of nitrogens with one attached hydrogen (secondary N) is 1. The predicted octanol–water partition coefficient (Wildman–Crippen LogP) is 4.22. The molecule has 0 saturated carbocycles. The number of anilines is 1. The van der Waals surface area contributed by atoms with Gasteiger partial charge in [0.1, 0.15) is 0 Å². The predicted molar refractivity (Wildman–Crippen MR) is 68.3 cm³/mol. The van der Waals surface area contributed by atoms with Crippen LogP contribution in [-0.2, 0) is 0 Å². The van der Waals surface area contributed by atoms with Crippen molar-refractivity contribution in [2.45, 2.75) is 13.0 Å². The van der Waals surface area contributed by atoms with E-state index in [-0.39, 0.29) is 17.7 Å². The molecule has 0 aromatic carbocycles. The minimum Gasteiger partial charge on any atom is -0.361 e. The number of halogens is 2. The third-order valence-electron chi connectivity index (χ3n) is 2.20. The van der Waals surface area contributed by atoms with Crippen LogP contribution in [0.25, 0.3) is 0 Å². The maximum atomic E-state index is 13.5. The SMILES string of the molecule is CC(Nc1ncc(Br)cc1F)c1ccsc1. The Labute approximate surface area is 106 Å². The number of aromatic nitrogens is 1. The van der Waals surface area contributed by atoms with Gasteiger partial charge in [-0.1, -0.05) is 0 Å². The van der Waals surface area contributed by atoms with Gasteiger partial charge in [-0.2, -0.15) is 11.3 Å². The highest BCUT2D eigenvalue weighted by Gasteiger charge is 2.10. The van der Waals surface area contributed by atoms with Crippen LogP contribution in [0.3, 0.4) is 0 Å². The molecule has 0 saturated heterocycles. The molecule has 0 bridgehead atoms. The van der Waals surface area contributed by atoms with Crippen LogP contribution in [-0.4, -0.2) is 4.98 Å². The second-order valence-corrected chi connectivity index (χ2v) is 5.10. The van der Waals surface area contributed by atoms with Gasteiger partial charge < -0.3 is 5.32 Å². The molecule has 2 rings (SSSR count). The molecule has 2 heterocycles. The monoisotopic (exact) mass is 300 g/mol. The van der Waals surface area contributed by atoms with Crippen molar-refractivity contribution >= 4 is 33.1 Å². The molecule has 2 nitrogen and oxygen atoms in total. The Bertz CT molecular complexity index is 473. The summed E-state index contributed by atoms with van der Waals surface area (Å²) < 4.78 is 14.1. The summed E-state index contributed by atoms with van der Waals surface area (Å²) in [5.41, 5.74) is 1.13. The Kier molecular flexibility index (Phi) is 3.56. The maximum absolute atomic E-state index is 13.5. The molecule has 0 fully saturated rings. The van der Waals surface area contributed by atoms with Crippen molar-refractivity contribution in [3.05, 3.63) is 44.9 Å². The van der Waals surface area contributed by atoms with Crippen LogP contribution in [0.1, 0.15) is 18.5 Å². The molecule has 0 aliphatic rings. The second-order valence-electron chi connectivity index (χ2n) is 3.41. The van der Waals surface area contributed by atoms with Crippen molar-refractivity contribution < 1.29 is 4.39 Å². The summed E-state index contributed by atoms with van der Waals surface area (Å²) in [5, 5.41) is 7.07. The van der Waals surface area contributed by atoms with Crippen molar-refractivity contribution in [2.24, 2.45) is 0 Å². The zero-order valence-corrected chi connectivity index (χ0v) is 11.0. The number of pyridine rings is 1. The second kappa shape index (κ2) is 4.93. The average molecular weight is 301 g/mol. The van der Waals surface area contributed by atoms with E-state index in [9.17, 15) is 4.39 Å². The highest BCUT2D eigenvalue weighted by atomic mass is 79.9. The van der Waals surface area contributed by atoms with Gasteiger partial charge in [0.25, 0.3) is 0 Å². The minimum atomic E-state index is -0.351. The molecule has 0 aliphatic carbocycles. The molecule has 16 heavy (non-hydrogen) atoms. The fourth-order valence-electron chi connectivity index (χ4n) is 1.33. The van der Waals surface area contributed by atoms with Gasteiger partial charge in [0.2, 0.25) is 0 Å². The lowest BCUT2D eigenvalue weighted by molar-refractivity contribution is 0.620. The van der Waals surface area contributed by atoms with Gasteiger partial charge in [-0.3, -0.25) is 0 Å². The van der Waals surface area contributed by atoms with E-state index in [0.29, 0.717) is 4.47 Å². The van der Waals surface area contributed by atoms with Crippen molar-refractivity contribution in [1.29, 1.82) is 0 Å². The van der Waals surface area contributed by atoms with E-state index in [1.807, 2.05) is 23.8 Å². The van der Waals surface area contributed by atoms with Crippen molar-refractivity contribution in [3.8, 4) is 0 Å². The quantitative estimate of drug-likeness (QED) is 0.918. The zero-order chi connectivity index (χ0) is 11.5. The summed E-state index contributed by atoms with van der Waals surface area (Å²) in [6.45, 7) is 1.98. The summed E-state index contributed by atoms with van der Waals surface area (Å²) in [4.78, 5) is 4.00. The van der Waals surface area contributed by atoms with E-state index in [0.717, 1.165) is 5.56 Å². The van der Waals surface area contributed by atoms with Crippen LogP contribution < -0.4 is 5.32 Å². The molecule has 1 N–H and O–H groups in total. The van der Waals surface area contributed by atoms with Crippen LogP contribution in [0.15, 0.2) is 33.6 Å². The van der Waals surface area contributed by atoms with E-state index < -0.39 is 0 Å². The van der Waals surface area contributed by atoms with Gasteiger partial charge in [0.15, 0.2) is 11.6 Å². The van der Waals surface area contributed by atoms with Crippen molar-refractivity contribution in [3.63, 3.8) is 0 Å². The molecule has 0 amide bonds. The van der Waals surface area contributed by atoms with E-state index >= 15 is 0 Å². The standard InChI is InChI=1S/C11H10BrFN2S/c1-7(8-2-3-16-6-8)15-11-10(13)4-9(12)5-14-11/h2-7H,1H3,(H,14,15). The summed E-state index contributed by atoms with van der Waals surface area (Å²) in [5.74, 6) is -0.0710. The molecule has 2 aromatic rings. The van der Waals surface area contributed by atoms with Crippen LogP contribution in [0, 0.1) is 5.82 Å². The molecule has 1 unspecified atom stereocenters. The first kappa shape index (κ1) is 11.5. The molecule has 0 aliphatic heterocycles. The molecule has 2 aromatic heterocycles.